The molecule has 2 amide bonds. The Labute approximate surface area is 198 Å². The molecule has 1 fully saturated rings. The van der Waals surface area contributed by atoms with E-state index in [1.807, 2.05) is 41.1 Å². The summed E-state index contributed by atoms with van der Waals surface area (Å²) in [5.74, 6) is -0.687. The monoisotopic (exact) mass is 464 g/mol. The molecule has 3 aromatic carbocycles. The first-order chi connectivity index (χ1) is 16.5. The number of hydrogen-bond acceptors (Lipinski definition) is 5. The first-order valence-electron chi connectivity index (χ1n) is 10.6. The van der Waals surface area contributed by atoms with Gasteiger partial charge in [0.15, 0.2) is 11.6 Å². The van der Waals surface area contributed by atoms with Gasteiger partial charge in [-0.2, -0.15) is 0 Å². The number of carbonyl (C=O) groups is 4. The molecule has 1 aromatic heterocycles. The fourth-order valence-corrected chi connectivity index (χ4v) is 5.20. The molecular weight excluding hydrogens is 448 g/mol. The summed E-state index contributed by atoms with van der Waals surface area (Å²) in [5.41, 5.74) is 4.35. The van der Waals surface area contributed by atoms with Gasteiger partial charge in [-0.15, -0.1) is 0 Å². The molecule has 1 aliphatic heterocycles. The second-order valence-electron chi connectivity index (χ2n) is 8.17. The highest BCUT2D eigenvalue weighted by atomic mass is 32.2. The number of rotatable bonds is 3. The standard InChI is InChI=1S/C27H16N2O4S/c30-24-18-6-1-2-7-19(18)25(31)21-11-15(9-10-20(21)24)13-29-14-16(17-5-3-4-8-22(17)29)12-23-26(32)28-27(33)34-23/h1-12,14H,13H2,(H,28,32,33). The quantitative estimate of drug-likeness (QED) is 0.388. The number of aromatic nitrogens is 1. The van der Waals surface area contributed by atoms with Crippen molar-refractivity contribution in [1.82, 2.24) is 9.88 Å². The third-order valence-electron chi connectivity index (χ3n) is 6.09. The molecule has 7 heteroatoms. The minimum atomic E-state index is -0.398. The lowest BCUT2D eigenvalue weighted by Crippen LogP contribution is -2.21. The van der Waals surface area contributed by atoms with Crippen molar-refractivity contribution in [2.45, 2.75) is 6.54 Å². The van der Waals surface area contributed by atoms with E-state index in [0.29, 0.717) is 33.7 Å². The van der Waals surface area contributed by atoms with Gasteiger partial charge in [-0.3, -0.25) is 24.5 Å². The van der Waals surface area contributed by atoms with Gasteiger partial charge >= 0.3 is 0 Å². The number of hydrogen-bond donors (Lipinski definition) is 1. The summed E-state index contributed by atoms with van der Waals surface area (Å²) in [6, 6.07) is 20.1. The van der Waals surface area contributed by atoms with Crippen LogP contribution in [-0.4, -0.2) is 27.3 Å². The maximum absolute atomic E-state index is 13.1. The van der Waals surface area contributed by atoms with E-state index in [0.717, 1.165) is 33.8 Å². The topological polar surface area (TPSA) is 85.2 Å². The smallest absolute Gasteiger partial charge is 0.290 e. The van der Waals surface area contributed by atoms with Gasteiger partial charge < -0.3 is 4.57 Å². The Morgan fingerprint density at radius 2 is 1.47 bits per heavy atom. The van der Waals surface area contributed by atoms with E-state index in [1.165, 1.54) is 0 Å². The van der Waals surface area contributed by atoms with Crippen LogP contribution in [0.25, 0.3) is 17.0 Å². The van der Waals surface area contributed by atoms with E-state index in [2.05, 4.69) is 5.32 Å². The first kappa shape index (κ1) is 20.4. The van der Waals surface area contributed by atoms with E-state index >= 15 is 0 Å². The largest absolute Gasteiger partial charge is 0.342 e. The summed E-state index contributed by atoms with van der Waals surface area (Å²) in [5, 5.41) is 2.84. The van der Waals surface area contributed by atoms with Crippen molar-refractivity contribution in [3.05, 3.63) is 111 Å². The Bertz CT molecular complexity index is 1610. The fourth-order valence-electron chi connectivity index (χ4n) is 4.52. The lowest BCUT2D eigenvalue weighted by molar-refractivity contribution is -0.115. The number of ketones is 2. The minimum Gasteiger partial charge on any atom is -0.342 e. The molecule has 6 nitrogen and oxygen atoms in total. The summed E-state index contributed by atoms with van der Waals surface area (Å²) in [7, 11) is 0. The van der Waals surface area contributed by atoms with Crippen LogP contribution in [0.15, 0.2) is 77.8 Å². The van der Waals surface area contributed by atoms with Crippen LogP contribution in [0.4, 0.5) is 4.79 Å². The van der Waals surface area contributed by atoms with E-state index < -0.39 is 5.91 Å². The minimum absolute atomic E-state index is 0.140. The fraction of sp³-hybridized carbons (Fsp3) is 0.0370. The van der Waals surface area contributed by atoms with E-state index in [4.69, 9.17) is 0 Å². The summed E-state index contributed by atoms with van der Waals surface area (Å²) in [4.78, 5) is 49.9. The van der Waals surface area contributed by atoms with Gasteiger partial charge in [0.2, 0.25) is 0 Å². The Balaban J connectivity index is 1.40. The molecule has 0 radical (unpaired) electrons. The van der Waals surface area contributed by atoms with Crippen LogP contribution >= 0.6 is 11.8 Å². The molecule has 0 saturated carbocycles. The Morgan fingerprint density at radius 3 is 2.21 bits per heavy atom. The lowest BCUT2D eigenvalue weighted by Gasteiger charge is -2.18. The molecule has 0 bridgehead atoms. The molecule has 4 aromatic rings. The van der Waals surface area contributed by atoms with Crippen molar-refractivity contribution in [2.75, 3.05) is 0 Å². The van der Waals surface area contributed by atoms with Crippen LogP contribution in [0.1, 0.15) is 43.0 Å². The normalized spacial score (nSPS) is 16.2. The van der Waals surface area contributed by atoms with Crippen LogP contribution < -0.4 is 5.32 Å². The zero-order valence-electron chi connectivity index (χ0n) is 17.7. The molecule has 6 rings (SSSR count). The Hall–Kier alpha value is -4.23. The van der Waals surface area contributed by atoms with Gasteiger partial charge in [0.1, 0.15) is 0 Å². The van der Waals surface area contributed by atoms with Crippen molar-refractivity contribution < 1.29 is 19.2 Å². The number of nitrogens with one attached hydrogen (secondary N) is 1. The molecule has 1 aliphatic carbocycles. The molecule has 164 valence electrons. The van der Waals surface area contributed by atoms with Crippen molar-refractivity contribution in [2.24, 2.45) is 0 Å². The van der Waals surface area contributed by atoms with Crippen molar-refractivity contribution in [1.29, 1.82) is 0 Å². The van der Waals surface area contributed by atoms with Crippen LogP contribution in [0.5, 0.6) is 0 Å². The summed E-state index contributed by atoms with van der Waals surface area (Å²) < 4.78 is 2.03. The number of benzene rings is 3. The molecule has 0 spiro atoms. The number of carbonyl (C=O) groups excluding carboxylic acids is 4. The summed E-state index contributed by atoms with van der Waals surface area (Å²) in [6.45, 7) is 0.471. The van der Waals surface area contributed by atoms with Gasteiger partial charge in [0.05, 0.1) is 4.91 Å². The van der Waals surface area contributed by atoms with E-state index in [-0.39, 0.29) is 16.8 Å². The number of imide groups is 1. The molecule has 2 aliphatic rings. The zero-order chi connectivity index (χ0) is 23.4. The average molecular weight is 465 g/mol. The maximum Gasteiger partial charge on any atom is 0.290 e. The van der Waals surface area contributed by atoms with Gasteiger partial charge in [-0.1, -0.05) is 48.5 Å². The molecule has 1 N–H and O–H groups in total. The number of nitrogens with zero attached hydrogens (tertiary/aromatic N) is 1. The summed E-state index contributed by atoms with van der Waals surface area (Å²) in [6.07, 6.45) is 3.64. The van der Waals surface area contributed by atoms with Crippen LogP contribution in [0, 0.1) is 0 Å². The molecule has 34 heavy (non-hydrogen) atoms. The third-order valence-corrected chi connectivity index (χ3v) is 6.90. The third kappa shape index (κ3) is 3.21. The molecule has 1 saturated heterocycles. The predicted octanol–water partition coefficient (Wildman–Crippen LogP) is 4.79. The van der Waals surface area contributed by atoms with E-state index in [9.17, 15) is 19.2 Å². The predicted molar refractivity (Wildman–Crippen MR) is 130 cm³/mol. The van der Waals surface area contributed by atoms with Gasteiger partial charge in [-0.25, -0.2) is 0 Å². The lowest BCUT2D eigenvalue weighted by atomic mass is 9.83. The molecule has 0 unspecified atom stereocenters. The van der Waals surface area contributed by atoms with Gasteiger partial charge in [0, 0.05) is 51.5 Å². The van der Waals surface area contributed by atoms with Crippen LogP contribution in [-0.2, 0) is 11.3 Å². The number of fused-ring (bicyclic) bond motifs is 3. The molecule has 0 atom stereocenters. The Morgan fingerprint density at radius 1 is 0.794 bits per heavy atom. The van der Waals surface area contributed by atoms with Crippen molar-refractivity contribution in [3.63, 3.8) is 0 Å². The average Bonchev–Trinajstić information content (AvgIpc) is 3.36. The van der Waals surface area contributed by atoms with Gasteiger partial charge in [-0.05, 0) is 41.6 Å². The maximum atomic E-state index is 13.1. The number of thioether (sulfide) groups is 1. The second-order valence-corrected chi connectivity index (χ2v) is 9.18. The highest BCUT2D eigenvalue weighted by molar-refractivity contribution is 8.18. The number of para-hydroxylation sites is 1. The number of amides is 2. The van der Waals surface area contributed by atoms with Crippen LogP contribution in [0.2, 0.25) is 0 Å². The van der Waals surface area contributed by atoms with E-state index in [1.54, 1.807) is 42.5 Å². The highest BCUT2D eigenvalue weighted by Gasteiger charge is 2.29. The molecule has 2 heterocycles. The van der Waals surface area contributed by atoms with Gasteiger partial charge in [0.25, 0.3) is 11.1 Å². The Kier molecular flexibility index (Phi) is 4.60. The SMILES string of the molecule is O=C1NC(=O)C(=Cc2cn(Cc3ccc4c(c3)C(=O)c3ccccc3C4=O)c3ccccc23)S1. The molecular formula is C27H16N2O4S. The first-order valence-corrected chi connectivity index (χ1v) is 11.5. The summed E-state index contributed by atoms with van der Waals surface area (Å²) >= 11 is 0.883. The van der Waals surface area contributed by atoms with Crippen LogP contribution in [0.3, 0.4) is 0 Å². The second kappa shape index (κ2) is 7.67. The zero-order valence-corrected chi connectivity index (χ0v) is 18.5. The highest BCUT2D eigenvalue weighted by Crippen LogP contribution is 2.31. The van der Waals surface area contributed by atoms with Crippen molar-refractivity contribution in [3.8, 4) is 0 Å². The van der Waals surface area contributed by atoms with Crippen molar-refractivity contribution >= 4 is 51.5 Å².